The van der Waals surface area contributed by atoms with Crippen LogP contribution in [0.4, 0.5) is 9.18 Å². The van der Waals surface area contributed by atoms with Crippen molar-refractivity contribution in [1.29, 1.82) is 0 Å². The van der Waals surface area contributed by atoms with E-state index in [1.54, 1.807) is 61.2 Å². The molecular formula is C29H40FN3O5. The quantitative estimate of drug-likeness (QED) is 0.464. The standard InChI is InChI=1S/C27H34FN3O5.C2H6/c1-18(2)36-27(34)30-21(14-19-8-4-5-12-24(19)28)16-25(32)31-13-7-10-22(31)17-29-26(33)20-9-6-11-23(15-20)35-3;1-2/h4-6,8-9,11-12,15,18,21-22H,7,10,13-14,16-17H2,1-3H3,(H,29,33)(H,30,34);1-2H3/t21?,22-;/m0./s1. The fourth-order valence-corrected chi connectivity index (χ4v) is 4.30. The zero-order valence-electron chi connectivity index (χ0n) is 23.0. The summed E-state index contributed by atoms with van der Waals surface area (Å²) in [4.78, 5) is 39.8. The van der Waals surface area contributed by atoms with Gasteiger partial charge in [-0.1, -0.05) is 38.1 Å². The highest BCUT2D eigenvalue weighted by Gasteiger charge is 2.31. The SMILES string of the molecule is CC.COc1cccc(C(=O)NC[C@@H]2CCCN2C(=O)CC(Cc2ccccc2F)NC(=O)OC(C)C)c1. The number of methoxy groups -OCH3 is 1. The van der Waals surface area contributed by atoms with Gasteiger partial charge in [-0.25, -0.2) is 9.18 Å². The average molecular weight is 530 g/mol. The van der Waals surface area contributed by atoms with Crippen LogP contribution in [-0.4, -0.2) is 61.2 Å². The smallest absolute Gasteiger partial charge is 0.407 e. The van der Waals surface area contributed by atoms with Crippen LogP contribution in [0.2, 0.25) is 0 Å². The van der Waals surface area contributed by atoms with E-state index in [1.807, 2.05) is 13.8 Å². The maximum atomic E-state index is 14.3. The van der Waals surface area contributed by atoms with Gasteiger partial charge in [0.2, 0.25) is 5.91 Å². The van der Waals surface area contributed by atoms with Gasteiger partial charge in [0.15, 0.2) is 0 Å². The van der Waals surface area contributed by atoms with Gasteiger partial charge in [-0.15, -0.1) is 0 Å². The van der Waals surface area contributed by atoms with Crippen molar-refractivity contribution in [3.05, 3.63) is 65.5 Å². The number of alkyl carbamates (subject to hydrolysis) is 1. The van der Waals surface area contributed by atoms with Gasteiger partial charge in [-0.3, -0.25) is 9.59 Å². The van der Waals surface area contributed by atoms with Crippen molar-refractivity contribution in [2.24, 2.45) is 0 Å². The molecule has 1 aliphatic heterocycles. The Hall–Kier alpha value is -3.62. The Morgan fingerprint density at radius 1 is 1.11 bits per heavy atom. The van der Waals surface area contributed by atoms with E-state index < -0.39 is 18.0 Å². The third-order valence-corrected chi connectivity index (χ3v) is 6.04. The van der Waals surface area contributed by atoms with E-state index in [9.17, 15) is 18.8 Å². The molecule has 0 aliphatic carbocycles. The van der Waals surface area contributed by atoms with Crippen LogP contribution in [0.25, 0.3) is 0 Å². The molecule has 1 saturated heterocycles. The fourth-order valence-electron chi connectivity index (χ4n) is 4.30. The molecule has 3 amide bonds. The van der Waals surface area contributed by atoms with Crippen LogP contribution in [0, 0.1) is 5.82 Å². The molecule has 38 heavy (non-hydrogen) atoms. The van der Waals surface area contributed by atoms with Crippen molar-refractivity contribution in [1.82, 2.24) is 15.5 Å². The first-order chi connectivity index (χ1) is 18.3. The normalized spacial score (nSPS) is 15.2. The molecule has 0 saturated carbocycles. The zero-order chi connectivity index (χ0) is 28.1. The minimum atomic E-state index is -0.650. The molecule has 0 radical (unpaired) electrons. The van der Waals surface area contributed by atoms with Crippen molar-refractivity contribution in [2.75, 3.05) is 20.2 Å². The molecule has 2 N–H and O–H groups in total. The molecule has 1 unspecified atom stereocenters. The van der Waals surface area contributed by atoms with Crippen LogP contribution < -0.4 is 15.4 Å². The van der Waals surface area contributed by atoms with Gasteiger partial charge < -0.3 is 25.0 Å². The Morgan fingerprint density at radius 2 is 1.84 bits per heavy atom. The van der Waals surface area contributed by atoms with E-state index >= 15 is 0 Å². The van der Waals surface area contributed by atoms with Crippen LogP contribution >= 0.6 is 0 Å². The lowest BCUT2D eigenvalue weighted by Gasteiger charge is -2.27. The molecule has 9 heteroatoms. The predicted molar refractivity (Wildman–Crippen MR) is 145 cm³/mol. The number of amides is 3. The molecule has 2 aromatic rings. The summed E-state index contributed by atoms with van der Waals surface area (Å²) in [5.41, 5.74) is 0.881. The Kier molecular flexibility index (Phi) is 12.6. The van der Waals surface area contributed by atoms with Gasteiger partial charge in [0.05, 0.1) is 13.2 Å². The van der Waals surface area contributed by atoms with Gasteiger partial charge in [0.1, 0.15) is 11.6 Å². The van der Waals surface area contributed by atoms with Crippen LogP contribution in [0.3, 0.4) is 0 Å². The number of likely N-dealkylation sites (tertiary alicyclic amines) is 1. The monoisotopic (exact) mass is 529 g/mol. The highest BCUT2D eigenvalue weighted by atomic mass is 19.1. The van der Waals surface area contributed by atoms with Crippen molar-refractivity contribution < 1.29 is 28.2 Å². The topological polar surface area (TPSA) is 97.0 Å². The van der Waals surface area contributed by atoms with Crippen molar-refractivity contribution >= 4 is 17.9 Å². The lowest BCUT2D eigenvalue weighted by molar-refractivity contribution is -0.132. The molecule has 2 atom stereocenters. The highest BCUT2D eigenvalue weighted by Crippen LogP contribution is 2.20. The average Bonchev–Trinajstić information content (AvgIpc) is 3.38. The van der Waals surface area contributed by atoms with E-state index in [4.69, 9.17) is 9.47 Å². The molecule has 1 fully saturated rings. The molecule has 0 bridgehead atoms. The van der Waals surface area contributed by atoms with E-state index in [-0.39, 0.29) is 36.8 Å². The molecular weight excluding hydrogens is 489 g/mol. The number of benzene rings is 2. The maximum absolute atomic E-state index is 14.3. The second-order valence-corrected chi connectivity index (χ2v) is 9.12. The number of carbonyl (C=O) groups is 3. The summed E-state index contributed by atoms with van der Waals surface area (Å²) >= 11 is 0. The minimum absolute atomic E-state index is 0.0120. The zero-order valence-corrected chi connectivity index (χ0v) is 23.0. The van der Waals surface area contributed by atoms with Gasteiger partial charge in [0, 0.05) is 37.2 Å². The Labute approximate surface area is 224 Å². The van der Waals surface area contributed by atoms with E-state index in [2.05, 4.69) is 10.6 Å². The summed E-state index contributed by atoms with van der Waals surface area (Å²) in [7, 11) is 1.54. The van der Waals surface area contributed by atoms with E-state index in [1.165, 1.54) is 13.2 Å². The number of nitrogens with one attached hydrogen (secondary N) is 2. The Balaban J connectivity index is 0.00000247. The molecule has 8 nitrogen and oxygen atoms in total. The summed E-state index contributed by atoms with van der Waals surface area (Å²) in [6, 6.07) is 12.3. The first-order valence-electron chi connectivity index (χ1n) is 13.2. The third-order valence-electron chi connectivity index (χ3n) is 6.04. The summed E-state index contributed by atoms with van der Waals surface area (Å²) in [5.74, 6) is -0.221. The molecule has 208 valence electrons. The maximum Gasteiger partial charge on any atom is 0.407 e. The lowest BCUT2D eigenvalue weighted by Crippen LogP contribution is -2.46. The summed E-state index contributed by atoms with van der Waals surface area (Å²) in [6.45, 7) is 8.32. The largest absolute Gasteiger partial charge is 0.497 e. The number of ether oxygens (including phenoxy) is 2. The number of halogens is 1. The first kappa shape index (κ1) is 30.6. The number of hydrogen-bond acceptors (Lipinski definition) is 5. The summed E-state index contributed by atoms with van der Waals surface area (Å²) in [5, 5.41) is 5.62. The Morgan fingerprint density at radius 3 is 2.53 bits per heavy atom. The second kappa shape index (κ2) is 15.6. The van der Waals surface area contributed by atoms with Gasteiger partial charge in [-0.2, -0.15) is 0 Å². The van der Waals surface area contributed by atoms with Crippen LogP contribution in [0.1, 0.15) is 62.9 Å². The molecule has 2 aromatic carbocycles. The second-order valence-electron chi connectivity index (χ2n) is 9.12. The third kappa shape index (κ3) is 9.36. The lowest BCUT2D eigenvalue weighted by atomic mass is 10.0. The van der Waals surface area contributed by atoms with Gasteiger partial charge in [-0.05, 0) is 62.9 Å². The van der Waals surface area contributed by atoms with Crippen molar-refractivity contribution in [3.63, 3.8) is 0 Å². The first-order valence-corrected chi connectivity index (χ1v) is 13.2. The fraction of sp³-hybridized carbons (Fsp3) is 0.483. The summed E-state index contributed by atoms with van der Waals surface area (Å²) < 4.78 is 24.6. The Bertz CT molecular complexity index is 1060. The molecule has 3 rings (SSSR count). The van der Waals surface area contributed by atoms with Crippen molar-refractivity contribution in [2.45, 2.75) is 71.6 Å². The summed E-state index contributed by atoms with van der Waals surface area (Å²) in [6.07, 6.45) is 0.726. The molecule has 0 aromatic heterocycles. The van der Waals surface area contributed by atoms with Crippen LogP contribution in [-0.2, 0) is 16.0 Å². The van der Waals surface area contributed by atoms with E-state index in [0.29, 0.717) is 30.0 Å². The molecule has 1 heterocycles. The van der Waals surface area contributed by atoms with Crippen LogP contribution in [0.15, 0.2) is 48.5 Å². The molecule has 0 spiro atoms. The van der Waals surface area contributed by atoms with Crippen LogP contribution in [0.5, 0.6) is 5.75 Å². The van der Waals surface area contributed by atoms with E-state index in [0.717, 1.165) is 12.8 Å². The highest BCUT2D eigenvalue weighted by molar-refractivity contribution is 5.94. The molecule has 1 aliphatic rings. The number of nitrogens with zero attached hydrogens (tertiary/aromatic N) is 1. The van der Waals surface area contributed by atoms with Gasteiger partial charge >= 0.3 is 6.09 Å². The number of rotatable bonds is 10. The minimum Gasteiger partial charge on any atom is -0.497 e. The van der Waals surface area contributed by atoms with Crippen molar-refractivity contribution in [3.8, 4) is 5.75 Å². The van der Waals surface area contributed by atoms with Gasteiger partial charge in [0.25, 0.3) is 5.91 Å². The predicted octanol–water partition coefficient (Wildman–Crippen LogP) is 4.72. The number of carbonyl (C=O) groups excluding carboxylic acids is 3. The number of hydrogen-bond donors (Lipinski definition) is 2.